The monoisotopic (exact) mass is 376 g/mol. The van der Waals surface area contributed by atoms with E-state index >= 15 is 0 Å². The Balaban J connectivity index is 1.54. The van der Waals surface area contributed by atoms with Crippen molar-refractivity contribution < 1.29 is 9.59 Å². The molecule has 0 bridgehead atoms. The van der Waals surface area contributed by atoms with Gasteiger partial charge in [-0.25, -0.2) is 0 Å². The van der Waals surface area contributed by atoms with Gasteiger partial charge in [0.05, 0.1) is 0 Å². The highest BCUT2D eigenvalue weighted by Gasteiger charge is 2.56. The summed E-state index contributed by atoms with van der Waals surface area (Å²) < 4.78 is 0. The number of benzene rings is 2. The second-order valence-corrected chi connectivity index (χ2v) is 6.99. The molecule has 0 unspecified atom stereocenters. The van der Waals surface area contributed by atoms with E-state index in [1.54, 1.807) is 24.3 Å². The van der Waals surface area contributed by atoms with Crippen molar-refractivity contribution in [1.82, 2.24) is 5.32 Å². The van der Waals surface area contributed by atoms with Crippen molar-refractivity contribution in [2.24, 2.45) is 5.41 Å². The third-order valence-corrected chi connectivity index (χ3v) is 4.93. The molecule has 0 aliphatic heterocycles. The second-order valence-electron chi connectivity index (χ2n) is 6.14. The summed E-state index contributed by atoms with van der Waals surface area (Å²) >= 11 is 12.0. The lowest BCUT2D eigenvalue weighted by Crippen LogP contribution is -2.40. The maximum absolute atomic E-state index is 12.5. The molecule has 2 aromatic carbocycles. The van der Waals surface area contributed by atoms with Gasteiger partial charge in [0.2, 0.25) is 11.8 Å². The average molecular weight is 377 g/mol. The van der Waals surface area contributed by atoms with Crippen LogP contribution in [-0.4, -0.2) is 18.4 Å². The van der Waals surface area contributed by atoms with E-state index in [9.17, 15) is 9.59 Å². The molecule has 4 nitrogen and oxygen atoms in total. The van der Waals surface area contributed by atoms with Crippen LogP contribution in [0.3, 0.4) is 0 Å². The molecule has 2 amide bonds. The Kier molecular flexibility index (Phi) is 5.30. The molecule has 2 N–H and O–H groups in total. The Morgan fingerprint density at radius 3 is 2.36 bits per heavy atom. The number of carbonyl (C=O) groups is 2. The minimum atomic E-state index is -0.945. The summed E-state index contributed by atoms with van der Waals surface area (Å²) in [5.74, 6) is -0.480. The fraction of sp³-hybridized carbons (Fsp3) is 0.263. The van der Waals surface area contributed by atoms with Crippen LogP contribution in [0.25, 0.3) is 0 Å². The molecule has 0 spiro atoms. The lowest BCUT2D eigenvalue weighted by Gasteiger charge is -2.15. The van der Waals surface area contributed by atoms with Gasteiger partial charge in [-0.1, -0.05) is 47.5 Å². The zero-order valence-electron chi connectivity index (χ0n) is 13.5. The highest BCUT2D eigenvalue weighted by atomic mass is 35.5. The molecule has 0 heterocycles. The van der Waals surface area contributed by atoms with Gasteiger partial charge in [-0.2, -0.15) is 0 Å². The number of halogens is 2. The number of hydrogen-bond donors (Lipinski definition) is 2. The first-order chi connectivity index (χ1) is 12.0. The highest BCUT2D eigenvalue weighted by Crippen LogP contribution is 2.46. The van der Waals surface area contributed by atoms with Gasteiger partial charge >= 0.3 is 0 Å². The van der Waals surface area contributed by atoms with Crippen LogP contribution in [0.1, 0.15) is 18.4 Å². The minimum Gasteiger partial charge on any atom is -0.355 e. The van der Waals surface area contributed by atoms with Crippen LogP contribution in [0.2, 0.25) is 10.0 Å². The minimum absolute atomic E-state index is 0.231. The molecule has 3 rings (SSSR count). The molecule has 1 aliphatic rings. The van der Waals surface area contributed by atoms with Crippen LogP contribution in [0, 0.1) is 5.41 Å². The van der Waals surface area contributed by atoms with Crippen molar-refractivity contribution in [3.63, 3.8) is 0 Å². The Hall–Kier alpha value is -2.04. The number of carbonyl (C=O) groups excluding carboxylic acids is 2. The summed E-state index contributed by atoms with van der Waals surface area (Å²) in [6.45, 7) is 0.417. The summed E-state index contributed by atoms with van der Waals surface area (Å²) in [7, 11) is 0. The zero-order chi connectivity index (χ0) is 17.9. The van der Waals surface area contributed by atoms with Crippen LogP contribution < -0.4 is 10.6 Å². The maximum Gasteiger partial charge on any atom is 0.240 e. The fourth-order valence-electron chi connectivity index (χ4n) is 2.66. The van der Waals surface area contributed by atoms with E-state index in [0.29, 0.717) is 41.5 Å². The number of hydrogen-bond acceptors (Lipinski definition) is 2. The quantitative estimate of drug-likeness (QED) is 0.746. The van der Waals surface area contributed by atoms with Gasteiger partial charge in [0.15, 0.2) is 0 Å². The van der Waals surface area contributed by atoms with Crippen LogP contribution in [0.4, 0.5) is 5.69 Å². The van der Waals surface area contributed by atoms with E-state index in [1.807, 2.05) is 24.3 Å². The Labute approximate surface area is 156 Å². The Bertz CT molecular complexity index is 789. The molecule has 6 heteroatoms. The van der Waals surface area contributed by atoms with Crippen molar-refractivity contribution >= 4 is 40.7 Å². The summed E-state index contributed by atoms with van der Waals surface area (Å²) in [6, 6.07) is 14.4. The number of nitrogens with one attached hydrogen (secondary N) is 2. The molecule has 0 saturated heterocycles. The zero-order valence-corrected chi connectivity index (χ0v) is 15.0. The van der Waals surface area contributed by atoms with Gasteiger partial charge in [0.25, 0.3) is 0 Å². The van der Waals surface area contributed by atoms with E-state index in [0.717, 1.165) is 5.56 Å². The largest absolute Gasteiger partial charge is 0.355 e. The van der Waals surface area contributed by atoms with Crippen LogP contribution >= 0.6 is 23.2 Å². The van der Waals surface area contributed by atoms with Crippen LogP contribution in [0.5, 0.6) is 0 Å². The Morgan fingerprint density at radius 2 is 1.72 bits per heavy atom. The van der Waals surface area contributed by atoms with Gasteiger partial charge in [-0.3, -0.25) is 9.59 Å². The summed E-state index contributed by atoms with van der Waals surface area (Å²) in [5, 5.41) is 6.81. The molecule has 0 radical (unpaired) electrons. The lowest BCUT2D eigenvalue weighted by atomic mass is 10.0. The SMILES string of the molecule is O=C(NCCc1ccc(Cl)cc1Cl)C1(C(=O)Nc2ccccc2)CC1. The van der Waals surface area contributed by atoms with Crippen LogP contribution in [0.15, 0.2) is 48.5 Å². The van der Waals surface area contributed by atoms with E-state index in [-0.39, 0.29) is 11.8 Å². The summed E-state index contributed by atoms with van der Waals surface area (Å²) in [6.07, 6.45) is 1.72. The number of amides is 2. The molecular formula is C19H18Cl2N2O2. The normalized spacial score (nSPS) is 14.6. The van der Waals surface area contributed by atoms with Gasteiger partial charge in [0.1, 0.15) is 5.41 Å². The first kappa shape index (κ1) is 17.8. The summed E-state index contributed by atoms with van der Waals surface area (Å²) in [5.41, 5.74) is 0.657. The van der Waals surface area contributed by atoms with Crippen molar-refractivity contribution in [3.8, 4) is 0 Å². The van der Waals surface area contributed by atoms with E-state index in [1.165, 1.54) is 0 Å². The van der Waals surface area contributed by atoms with E-state index < -0.39 is 5.41 Å². The predicted molar refractivity (Wildman–Crippen MR) is 99.9 cm³/mol. The van der Waals surface area contributed by atoms with E-state index in [4.69, 9.17) is 23.2 Å². The van der Waals surface area contributed by atoms with Crippen LogP contribution in [-0.2, 0) is 16.0 Å². The van der Waals surface area contributed by atoms with Crippen molar-refractivity contribution in [1.29, 1.82) is 0 Å². The van der Waals surface area contributed by atoms with Crippen molar-refractivity contribution in [2.75, 3.05) is 11.9 Å². The third-order valence-electron chi connectivity index (χ3n) is 4.35. The average Bonchev–Trinajstić information content (AvgIpc) is 3.39. The van der Waals surface area contributed by atoms with Crippen molar-refractivity contribution in [2.45, 2.75) is 19.3 Å². The molecule has 1 saturated carbocycles. The maximum atomic E-state index is 12.5. The number of anilines is 1. The Morgan fingerprint density at radius 1 is 1.00 bits per heavy atom. The van der Waals surface area contributed by atoms with Crippen molar-refractivity contribution in [3.05, 3.63) is 64.1 Å². The molecule has 25 heavy (non-hydrogen) atoms. The summed E-state index contributed by atoms with van der Waals surface area (Å²) in [4.78, 5) is 24.9. The molecule has 1 fully saturated rings. The topological polar surface area (TPSA) is 58.2 Å². The highest BCUT2D eigenvalue weighted by molar-refractivity contribution is 6.35. The standard InChI is InChI=1S/C19H18Cl2N2O2/c20-14-7-6-13(16(21)12-14)8-11-22-17(24)19(9-10-19)18(25)23-15-4-2-1-3-5-15/h1-7,12H,8-11H2,(H,22,24)(H,23,25). The smallest absolute Gasteiger partial charge is 0.240 e. The van der Waals surface area contributed by atoms with Gasteiger partial charge in [-0.15, -0.1) is 0 Å². The molecular weight excluding hydrogens is 359 g/mol. The van der Waals surface area contributed by atoms with Gasteiger partial charge in [-0.05, 0) is 49.1 Å². The molecule has 1 aliphatic carbocycles. The van der Waals surface area contributed by atoms with Gasteiger partial charge in [0, 0.05) is 22.3 Å². The van der Waals surface area contributed by atoms with E-state index in [2.05, 4.69) is 10.6 Å². The molecule has 130 valence electrons. The molecule has 2 aromatic rings. The number of rotatable bonds is 6. The third kappa shape index (κ3) is 4.14. The first-order valence-electron chi connectivity index (χ1n) is 8.10. The predicted octanol–water partition coefficient (Wildman–Crippen LogP) is 4.07. The first-order valence-corrected chi connectivity index (χ1v) is 8.86. The lowest BCUT2D eigenvalue weighted by molar-refractivity contribution is -0.134. The molecule has 0 aromatic heterocycles. The molecule has 0 atom stereocenters. The second kappa shape index (κ2) is 7.46. The number of para-hydroxylation sites is 1. The van der Waals surface area contributed by atoms with Gasteiger partial charge < -0.3 is 10.6 Å². The fourth-order valence-corrected chi connectivity index (χ4v) is 3.16.